The summed E-state index contributed by atoms with van der Waals surface area (Å²) in [5, 5.41) is 14.3. The Morgan fingerprint density at radius 2 is 2.26 bits per heavy atom. The second-order valence-electron chi connectivity index (χ2n) is 5.72. The molecule has 0 spiro atoms. The highest BCUT2D eigenvalue weighted by molar-refractivity contribution is 6.31. The molecule has 2 atom stereocenters. The van der Waals surface area contributed by atoms with Crippen LogP contribution in [0.15, 0.2) is 18.2 Å². The van der Waals surface area contributed by atoms with Crippen molar-refractivity contribution in [3.8, 4) is 0 Å². The molecule has 0 amide bonds. The number of benzene rings is 1. The third kappa shape index (κ3) is 4.16. The third-order valence-corrected chi connectivity index (χ3v) is 4.07. The van der Waals surface area contributed by atoms with E-state index in [1.165, 1.54) is 18.9 Å². The highest BCUT2D eigenvalue weighted by Gasteiger charge is 2.28. The molecule has 106 valence electrons. The van der Waals surface area contributed by atoms with Gasteiger partial charge in [-0.25, -0.2) is 4.39 Å². The van der Waals surface area contributed by atoms with Crippen LogP contribution in [0.3, 0.4) is 0 Å². The zero-order valence-corrected chi connectivity index (χ0v) is 12.0. The first kappa shape index (κ1) is 14.8. The number of piperidine rings is 1. The molecule has 1 aliphatic heterocycles. The first-order valence-corrected chi connectivity index (χ1v) is 7.24. The average molecular weight is 286 g/mol. The third-order valence-electron chi connectivity index (χ3n) is 3.72. The minimum Gasteiger partial charge on any atom is -0.390 e. The fraction of sp³-hybridized carbons (Fsp3) is 0.600. The summed E-state index contributed by atoms with van der Waals surface area (Å²) in [5.74, 6) is -0.343. The molecule has 0 bridgehead atoms. The van der Waals surface area contributed by atoms with Crippen LogP contribution in [0.4, 0.5) is 4.39 Å². The molecular formula is C15H21ClFNO. The van der Waals surface area contributed by atoms with E-state index in [4.69, 9.17) is 11.6 Å². The molecule has 2 rings (SSSR count). The van der Waals surface area contributed by atoms with Crippen molar-refractivity contribution in [1.82, 2.24) is 5.32 Å². The summed E-state index contributed by atoms with van der Waals surface area (Å²) in [6.07, 6.45) is 4.32. The Labute approximate surface area is 119 Å². The first-order chi connectivity index (χ1) is 8.98. The van der Waals surface area contributed by atoms with Crippen LogP contribution in [-0.2, 0) is 6.42 Å². The lowest BCUT2D eigenvalue weighted by atomic mass is 9.87. The summed E-state index contributed by atoms with van der Waals surface area (Å²) in [7, 11) is 0. The van der Waals surface area contributed by atoms with E-state index >= 15 is 0 Å². The molecule has 19 heavy (non-hydrogen) atoms. The quantitative estimate of drug-likeness (QED) is 0.890. The predicted molar refractivity (Wildman–Crippen MR) is 76.0 cm³/mol. The van der Waals surface area contributed by atoms with Crippen LogP contribution in [0.25, 0.3) is 0 Å². The monoisotopic (exact) mass is 285 g/mol. The molecule has 1 heterocycles. The maximum atomic E-state index is 13.7. The predicted octanol–water partition coefficient (Wildman–Crippen LogP) is 3.30. The van der Waals surface area contributed by atoms with Crippen LogP contribution in [0.5, 0.6) is 0 Å². The van der Waals surface area contributed by atoms with Gasteiger partial charge in [0.15, 0.2) is 0 Å². The van der Waals surface area contributed by atoms with Crippen LogP contribution in [0.1, 0.15) is 38.2 Å². The standard InChI is InChI=1S/C15H21ClFNO/c1-15(19,9-11-5-2-3-8-18-11)10-12-13(16)6-4-7-14(12)17/h4,6-7,11,18-19H,2-3,5,8-10H2,1H3. The van der Waals surface area contributed by atoms with Gasteiger partial charge in [-0.1, -0.05) is 24.1 Å². The van der Waals surface area contributed by atoms with Crippen molar-refractivity contribution in [1.29, 1.82) is 0 Å². The number of aliphatic hydroxyl groups is 1. The van der Waals surface area contributed by atoms with E-state index in [2.05, 4.69) is 5.32 Å². The molecule has 0 aliphatic carbocycles. The van der Waals surface area contributed by atoms with E-state index in [-0.39, 0.29) is 12.2 Å². The maximum Gasteiger partial charge on any atom is 0.127 e. The first-order valence-electron chi connectivity index (χ1n) is 6.86. The van der Waals surface area contributed by atoms with Gasteiger partial charge in [0, 0.05) is 23.0 Å². The lowest BCUT2D eigenvalue weighted by Gasteiger charge is -2.32. The maximum absolute atomic E-state index is 13.7. The van der Waals surface area contributed by atoms with E-state index in [0.717, 1.165) is 13.0 Å². The normalized spacial score (nSPS) is 23.1. The Bertz CT molecular complexity index is 410. The molecular weight excluding hydrogens is 265 g/mol. The zero-order valence-electron chi connectivity index (χ0n) is 11.3. The van der Waals surface area contributed by atoms with Gasteiger partial charge >= 0.3 is 0 Å². The Kier molecular flexibility index (Phi) is 4.82. The van der Waals surface area contributed by atoms with Crippen LogP contribution in [0, 0.1) is 5.82 Å². The Morgan fingerprint density at radius 1 is 1.47 bits per heavy atom. The van der Waals surface area contributed by atoms with Crippen molar-refractivity contribution < 1.29 is 9.50 Å². The van der Waals surface area contributed by atoms with Crippen molar-refractivity contribution in [3.63, 3.8) is 0 Å². The Hall–Kier alpha value is -0.640. The van der Waals surface area contributed by atoms with Crippen molar-refractivity contribution in [3.05, 3.63) is 34.6 Å². The molecule has 0 aromatic heterocycles. The number of rotatable bonds is 4. The van der Waals surface area contributed by atoms with Gasteiger partial charge in [0.2, 0.25) is 0 Å². The SMILES string of the molecule is CC(O)(Cc1c(F)cccc1Cl)CC1CCCCN1. The Balaban J connectivity index is 2.03. The van der Waals surface area contributed by atoms with Gasteiger partial charge in [0.25, 0.3) is 0 Å². The largest absolute Gasteiger partial charge is 0.390 e. The summed E-state index contributed by atoms with van der Waals surface area (Å²) < 4.78 is 13.7. The summed E-state index contributed by atoms with van der Waals surface area (Å²) in [5.41, 5.74) is -0.536. The summed E-state index contributed by atoms with van der Waals surface area (Å²) >= 11 is 6.01. The van der Waals surface area contributed by atoms with Gasteiger partial charge < -0.3 is 10.4 Å². The van der Waals surface area contributed by atoms with Crippen LogP contribution >= 0.6 is 11.6 Å². The van der Waals surface area contributed by atoms with Crippen molar-refractivity contribution in [2.45, 2.75) is 50.7 Å². The topological polar surface area (TPSA) is 32.3 Å². The lowest BCUT2D eigenvalue weighted by molar-refractivity contribution is 0.0364. The van der Waals surface area contributed by atoms with Crippen molar-refractivity contribution >= 4 is 11.6 Å². The summed E-state index contributed by atoms with van der Waals surface area (Å²) in [6, 6.07) is 4.94. The van der Waals surface area contributed by atoms with Crippen molar-refractivity contribution in [2.24, 2.45) is 0 Å². The average Bonchev–Trinajstić information content (AvgIpc) is 2.35. The minimum atomic E-state index is -0.944. The smallest absolute Gasteiger partial charge is 0.127 e. The molecule has 4 heteroatoms. The van der Waals surface area contributed by atoms with E-state index in [9.17, 15) is 9.50 Å². The molecule has 2 N–H and O–H groups in total. The van der Waals surface area contributed by atoms with Crippen molar-refractivity contribution in [2.75, 3.05) is 6.54 Å². The lowest BCUT2D eigenvalue weighted by Crippen LogP contribution is -2.42. The van der Waals surface area contributed by atoms with E-state index in [1.807, 2.05) is 0 Å². The van der Waals surface area contributed by atoms with Gasteiger partial charge in [-0.2, -0.15) is 0 Å². The molecule has 1 aromatic rings. The molecule has 1 aliphatic rings. The molecule has 0 radical (unpaired) electrons. The molecule has 1 aromatic carbocycles. The van der Waals surface area contributed by atoms with Gasteiger partial charge in [0.05, 0.1) is 5.60 Å². The molecule has 0 saturated carbocycles. The highest BCUT2D eigenvalue weighted by atomic mass is 35.5. The van der Waals surface area contributed by atoms with Crippen LogP contribution < -0.4 is 5.32 Å². The second kappa shape index (κ2) is 6.21. The van der Waals surface area contributed by atoms with Gasteiger partial charge in [-0.3, -0.25) is 0 Å². The second-order valence-corrected chi connectivity index (χ2v) is 6.13. The number of nitrogens with one attached hydrogen (secondary N) is 1. The Morgan fingerprint density at radius 3 is 2.89 bits per heavy atom. The summed E-state index contributed by atoms with van der Waals surface area (Å²) in [6.45, 7) is 2.76. The highest BCUT2D eigenvalue weighted by Crippen LogP contribution is 2.27. The fourth-order valence-corrected chi connectivity index (χ4v) is 3.01. The zero-order chi connectivity index (χ0) is 13.9. The van der Waals surface area contributed by atoms with E-state index in [1.54, 1.807) is 19.1 Å². The van der Waals surface area contributed by atoms with E-state index in [0.29, 0.717) is 23.0 Å². The van der Waals surface area contributed by atoms with Gasteiger partial charge in [0.1, 0.15) is 5.82 Å². The van der Waals surface area contributed by atoms with Gasteiger partial charge in [-0.15, -0.1) is 0 Å². The number of hydrogen-bond donors (Lipinski definition) is 2. The molecule has 2 unspecified atom stereocenters. The summed E-state index contributed by atoms with van der Waals surface area (Å²) in [4.78, 5) is 0. The van der Waals surface area contributed by atoms with E-state index < -0.39 is 5.60 Å². The van der Waals surface area contributed by atoms with Gasteiger partial charge in [-0.05, 0) is 44.9 Å². The molecule has 1 fully saturated rings. The fourth-order valence-electron chi connectivity index (χ4n) is 2.78. The number of hydrogen-bond acceptors (Lipinski definition) is 2. The molecule has 1 saturated heterocycles. The van der Waals surface area contributed by atoms with Crippen LogP contribution in [-0.4, -0.2) is 23.3 Å². The number of halogens is 2. The minimum absolute atomic E-state index is 0.247. The molecule has 2 nitrogen and oxygen atoms in total. The van der Waals surface area contributed by atoms with Crippen LogP contribution in [0.2, 0.25) is 5.02 Å².